The molecule has 0 nitrogen and oxygen atoms in total. The maximum atomic E-state index is 12.7. The second-order valence-corrected chi connectivity index (χ2v) is 14.0. The van der Waals surface area contributed by atoms with Crippen LogP contribution in [0.1, 0.15) is 0 Å². The molecule has 0 saturated heterocycles. The lowest BCUT2D eigenvalue weighted by Gasteiger charge is -2.31. The first-order valence-corrected chi connectivity index (χ1v) is 10.5. The maximum Gasteiger partial charge on any atom is 0.418 e. The van der Waals surface area contributed by atoms with Crippen LogP contribution in [-0.4, -0.2) is 30.1 Å². The van der Waals surface area contributed by atoms with Gasteiger partial charge in [-0.25, -0.2) is 0 Å². The van der Waals surface area contributed by atoms with E-state index in [0.717, 1.165) is 0 Å². The van der Waals surface area contributed by atoms with Crippen molar-refractivity contribution < 1.29 is 65.9 Å². The van der Waals surface area contributed by atoms with Crippen LogP contribution in [-0.2, 0) is 0 Å². The molecule has 1 rings (SSSR count). The van der Waals surface area contributed by atoms with Crippen LogP contribution in [0.4, 0.5) is 65.9 Å². The third-order valence-electron chi connectivity index (χ3n) is 2.27. The minimum Gasteiger partial charge on any atom is -0.166 e. The first-order valence-electron chi connectivity index (χ1n) is 5.10. The van der Waals surface area contributed by atoms with Crippen molar-refractivity contribution in [2.75, 3.05) is 0 Å². The first-order chi connectivity index (χ1) is 10.6. The fraction of sp³-hybridized carbons (Fsp3) is 0.714. The summed E-state index contributed by atoms with van der Waals surface area (Å²) in [5.41, 5.74) is 0. The minimum atomic E-state index is -6.67. The summed E-state index contributed by atoms with van der Waals surface area (Å²) in [6.45, 7) is 0. The number of hydrogen-bond acceptors (Lipinski definition) is 0. The van der Waals surface area contributed by atoms with E-state index >= 15 is 0 Å². The third-order valence-corrected chi connectivity index (χ3v) is 15.8. The molecule has 0 fully saturated rings. The van der Waals surface area contributed by atoms with Crippen LogP contribution in [0.15, 0.2) is 10.6 Å². The van der Waals surface area contributed by atoms with Gasteiger partial charge in [0.1, 0.15) is 0 Å². The van der Waals surface area contributed by atoms with Gasteiger partial charge < -0.3 is 0 Å². The van der Waals surface area contributed by atoms with Gasteiger partial charge >= 0.3 is 30.1 Å². The SMILES string of the molecule is FC(F)(F)C1=C(C(F)(F)F)P(C(F)(F)F)P(C(F)(F)F)P1C(F)(F)F. The fourth-order valence-corrected chi connectivity index (χ4v) is 16.5. The Morgan fingerprint density at radius 1 is 0.400 bits per heavy atom. The van der Waals surface area contributed by atoms with Gasteiger partial charge in [0.05, 0.1) is 33.1 Å². The molecule has 0 aliphatic carbocycles. The van der Waals surface area contributed by atoms with Crippen molar-refractivity contribution in [1.29, 1.82) is 0 Å². The Morgan fingerprint density at radius 2 is 0.640 bits per heavy atom. The summed E-state index contributed by atoms with van der Waals surface area (Å²) in [5.74, 6) is -19.6. The highest BCUT2D eigenvalue weighted by Crippen LogP contribution is 3.07. The van der Waals surface area contributed by atoms with E-state index in [9.17, 15) is 65.9 Å². The molecular weight excluding hydrogens is 462 g/mol. The quantitative estimate of drug-likeness (QED) is 0.252. The fourth-order valence-electron chi connectivity index (χ4n) is 1.68. The number of halogens is 15. The van der Waals surface area contributed by atoms with Crippen LogP contribution in [0.25, 0.3) is 0 Å². The Kier molecular flexibility index (Phi) is 5.76. The van der Waals surface area contributed by atoms with Gasteiger partial charge in [-0.2, -0.15) is 65.9 Å². The normalized spacial score (nSPS) is 27.2. The smallest absolute Gasteiger partial charge is 0.166 e. The highest BCUT2D eigenvalue weighted by Gasteiger charge is 2.76. The number of allylic oxidation sites excluding steroid dienone is 2. The predicted octanol–water partition coefficient (Wildman–Crippen LogP) is 8.17. The minimum absolute atomic E-state index is 3.81. The van der Waals surface area contributed by atoms with E-state index in [1.807, 2.05) is 0 Å². The Balaban J connectivity index is 3.99. The molecule has 0 spiro atoms. The van der Waals surface area contributed by atoms with Gasteiger partial charge in [0.15, 0.2) is 0 Å². The second-order valence-electron chi connectivity index (χ2n) is 4.01. The van der Waals surface area contributed by atoms with Crippen LogP contribution in [0.2, 0.25) is 0 Å². The number of alkyl halides is 15. The summed E-state index contributed by atoms with van der Waals surface area (Å²) >= 11 is 0. The van der Waals surface area contributed by atoms with Gasteiger partial charge in [-0.3, -0.25) is 0 Å². The summed E-state index contributed by atoms with van der Waals surface area (Å²) in [7, 11) is -17.4. The largest absolute Gasteiger partial charge is 0.418 e. The van der Waals surface area contributed by atoms with Crippen LogP contribution >= 0.6 is 22.5 Å². The van der Waals surface area contributed by atoms with E-state index in [0.29, 0.717) is 0 Å². The zero-order valence-corrected chi connectivity index (χ0v) is 13.2. The van der Waals surface area contributed by atoms with Crippen molar-refractivity contribution in [1.82, 2.24) is 0 Å². The van der Waals surface area contributed by atoms with Gasteiger partial charge in [0.25, 0.3) is 0 Å². The zero-order chi connectivity index (χ0) is 20.4. The summed E-state index contributed by atoms with van der Waals surface area (Å²) < 4.78 is 191. The second kappa shape index (κ2) is 6.26. The van der Waals surface area contributed by atoms with Crippen molar-refractivity contribution in [3.05, 3.63) is 10.6 Å². The van der Waals surface area contributed by atoms with Crippen LogP contribution in [0.3, 0.4) is 0 Å². The topological polar surface area (TPSA) is 0 Å². The lowest BCUT2D eigenvalue weighted by Crippen LogP contribution is -2.21. The molecule has 0 radical (unpaired) electrons. The molecule has 2 atom stereocenters. The molecule has 0 bridgehead atoms. The predicted molar refractivity (Wildman–Crippen MR) is 58.1 cm³/mol. The molecule has 2 unspecified atom stereocenters. The van der Waals surface area contributed by atoms with Crippen molar-refractivity contribution in [3.63, 3.8) is 0 Å². The Labute approximate surface area is 130 Å². The first kappa shape index (κ1) is 23.0. The van der Waals surface area contributed by atoms with Crippen molar-refractivity contribution in [2.45, 2.75) is 30.1 Å². The van der Waals surface area contributed by atoms with E-state index in [1.165, 1.54) is 0 Å². The Bertz CT molecular complexity index is 500. The summed E-state index contributed by atoms with van der Waals surface area (Å²) in [4.78, 5) is 0. The van der Waals surface area contributed by atoms with Gasteiger partial charge in [0.2, 0.25) is 0 Å². The maximum absolute atomic E-state index is 12.7. The molecule has 0 saturated carbocycles. The van der Waals surface area contributed by atoms with E-state index in [-0.39, 0.29) is 0 Å². The van der Waals surface area contributed by atoms with Gasteiger partial charge in [0, 0.05) is 0 Å². The van der Waals surface area contributed by atoms with Crippen LogP contribution < -0.4 is 0 Å². The molecule has 1 heterocycles. The van der Waals surface area contributed by atoms with Crippen molar-refractivity contribution in [3.8, 4) is 0 Å². The van der Waals surface area contributed by atoms with Crippen LogP contribution in [0, 0.1) is 0 Å². The third kappa shape index (κ3) is 4.64. The molecule has 0 amide bonds. The molecule has 18 heteroatoms. The highest BCUT2D eigenvalue weighted by molar-refractivity contribution is 8.64. The van der Waals surface area contributed by atoms with Crippen molar-refractivity contribution >= 4 is 22.5 Å². The molecule has 0 aromatic carbocycles. The number of rotatable bonds is 0. The van der Waals surface area contributed by atoms with E-state index < -0.39 is 63.3 Å². The molecule has 0 aromatic heterocycles. The molecule has 0 N–H and O–H groups in total. The lowest BCUT2D eigenvalue weighted by molar-refractivity contribution is -0.107. The van der Waals surface area contributed by atoms with Gasteiger partial charge in [-0.1, -0.05) is 0 Å². The zero-order valence-electron chi connectivity index (χ0n) is 10.5. The Hall–Kier alpha value is -0.0200. The molecular formula is C7F15P3. The van der Waals surface area contributed by atoms with Crippen molar-refractivity contribution in [2.24, 2.45) is 0 Å². The monoisotopic (exact) mass is 462 g/mol. The van der Waals surface area contributed by atoms with E-state index in [2.05, 4.69) is 0 Å². The average molecular weight is 462 g/mol. The number of hydrogen-bond donors (Lipinski definition) is 0. The standard InChI is InChI=1S/C7F15P3/c8-3(9,10)1-2(4(11,12)13)24(6(17,18)19)25(7(20,21)22)23(1)5(14,15)16. The lowest BCUT2D eigenvalue weighted by atomic mass is 10.4. The summed E-state index contributed by atoms with van der Waals surface area (Å²) in [6.07, 6.45) is -13.3. The van der Waals surface area contributed by atoms with Gasteiger partial charge in [-0.15, -0.1) is 0 Å². The summed E-state index contributed by atoms with van der Waals surface area (Å²) in [6, 6.07) is 0. The highest BCUT2D eigenvalue weighted by atomic mass is 32.5. The molecule has 148 valence electrons. The average Bonchev–Trinajstić information content (AvgIpc) is 2.61. The molecule has 25 heavy (non-hydrogen) atoms. The summed E-state index contributed by atoms with van der Waals surface area (Å²) in [5, 5.41) is -7.62. The van der Waals surface area contributed by atoms with Crippen LogP contribution in [0.5, 0.6) is 0 Å². The molecule has 1 aliphatic heterocycles. The van der Waals surface area contributed by atoms with Gasteiger partial charge in [-0.05, 0) is 0 Å². The Morgan fingerprint density at radius 3 is 0.760 bits per heavy atom. The molecule has 1 aliphatic rings. The molecule has 0 aromatic rings. The van der Waals surface area contributed by atoms with E-state index in [4.69, 9.17) is 0 Å². The van der Waals surface area contributed by atoms with E-state index in [1.54, 1.807) is 0 Å².